The molecule has 18 heavy (non-hydrogen) atoms. The molecule has 2 aromatic rings. The minimum absolute atomic E-state index is 0.0713. The molecule has 2 aromatic carbocycles. The first-order valence-electron chi connectivity index (χ1n) is 5.77. The maximum Gasteiger partial charge on any atom is 0.136 e. The minimum Gasteiger partial charge on any atom is -0.623 e. The van der Waals surface area contributed by atoms with E-state index in [1.165, 1.54) is 12.1 Å². The van der Waals surface area contributed by atoms with Gasteiger partial charge in [-0.3, -0.25) is 0 Å². The second-order valence-electron chi connectivity index (χ2n) is 3.83. The van der Waals surface area contributed by atoms with Gasteiger partial charge in [0, 0.05) is 24.3 Å². The summed E-state index contributed by atoms with van der Waals surface area (Å²) in [5.41, 5.74) is 1.15. The molecule has 0 radical (unpaired) electrons. The zero-order valence-corrected chi connectivity index (χ0v) is 10.1. The van der Waals surface area contributed by atoms with E-state index in [2.05, 4.69) is 0 Å². The number of quaternary nitrogens is 1. The van der Waals surface area contributed by atoms with Crippen LogP contribution in [0.2, 0.25) is 0 Å². The molecule has 0 amide bonds. The van der Waals surface area contributed by atoms with Crippen molar-refractivity contribution in [1.82, 2.24) is 0 Å². The Bertz CT molecular complexity index is 493. The summed E-state index contributed by atoms with van der Waals surface area (Å²) in [4.78, 5) is 0. The molecule has 0 aliphatic carbocycles. The first-order valence-corrected chi connectivity index (χ1v) is 5.77. The van der Waals surface area contributed by atoms with Crippen LogP contribution in [0.15, 0.2) is 48.5 Å². The number of hydrogen-bond acceptors (Lipinski definition) is 3. The fourth-order valence-corrected chi connectivity index (χ4v) is 1.65. The number of hydrogen-bond donors (Lipinski definition) is 2. The number of phenolic OH excluding ortho intramolecular Hbond substituents is 1. The maximum absolute atomic E-state index is 12.1. The van der Waals surface area contributed by atoms with Crippen molar-refractivity contribution < 1.29 is 14.9 Å². The van der Waals surface area contributed by atoms with Crippen molar-refractivity contribution in [3.05, 3.63) is 53.7 Å². The van der Waals surface area contributed by atoms with Gasteiger partial charge in [0.15, 0.2) is 0 Å². The van der Waals surface area contributed by atoms with E-state index in [-0.39, 0.29) is 10.8 Å². The summed E-state index contributed by atoms with van der Waals surface area (Å²) in [5, 5.41) is 21.2. The third kappa shape index (κ3) is 2.80. The van der Waals surface area contributed by atoms with Gasteiger partial charge in [0.2, 0.25) is 0 Å². The van der Waals surface area contributed by atoms with Gasteiger partial charge >= 0.3 is 0 Å². The predicted molar refractivity (Wildman–Crippen MR) is 69.4 cm³/mol. The summed E-state index contributed by atoms with van der Waals surface area (Å²) in [5.74, 6) is 0.901. The van der Waals surface area contributed by atoms with E-state index >= 15 is 0 Å². The molecular formula is C14H15NO3. The third-order valence-electron chi connectivity index (χ3n) is 2.56. The van der Waals surface area contributed by atoms with Gasteiger partial charge in [-0.1, -0.05) is 0 Å². The highest BCUT2D eigenvalue weighted by Gasteiger charge is 2.06. The average Bonchev–Trinajstić information content (AvgIpc) is 2.40. The molecule has 0 saturated carbocycles. The van der Waals surface area contributed by atoms with Crippen LogP contribution in [0.25, 0.3) is 0 Å². The van der Waals surface area contributed by atoms with Crippen LogP contribution in [0, 0.1) is 5.21 Å². The summed E-state index contributed by atoms with van der Waals surface area (Å²) >= 11 is 0. The van der Waals surface area contributed by atoms with Crippen molar-refractivity contribution >= 4 is 11.4 Å². The van der Waals surface area contributed by atoms with Crippen LogP contribution in [0.1, 0.15) is 6.92 Å². The van der Waals surface area contributed by atoms with E-state index < -0.39 is 0 Å². The number of phenols is 1. The Labute approximate surface area is 106 Å². The average molecular weight is 245 g/mol. The molecule has 1 unspecified atom stereocenters. The van der Waals surface area contributed by atoms with E-state index in [0.29, 0.717) is 18.0 Å². The number of rotatable bonds is 4. The Morgan fingerprint density at radius 1 is 1.00 bits per heavy atom. The second-order valence-corrected chi connectivity index (χ2v) is 3.83. The first kappa shape index (κ1) is 12.4. The van der Waals surface area contributed by atoms with Gasteiger partial charge in [0.1, 0.15) is 22.9 Å². The summed E-state index contributed by atoms with van der Waals surface area (Å²) in [7, 11) is 0. The monoisotopic (exact) mass is 245 g/mol. The molecule has 4 nitrogen and oxygen atoms in total. The fourth-order valence-electron chi connectivity index (χ4n) is 1.65. The standard InChI is InChI=1S/C14H15NO3/c1-2-18-14-9-5-12(6-10-14)15(17)11-3-7-13(16)8-4-11/h3-10,15-16H,2H2,1H3. The van der Waals surface area contributed by atoms with E-state index in [4.69, 9.17) is 4.74 Å². The molecular weight excluding hydrogens is 230 g/mol. The summed E-state index contributed by atoms with van der Waals surface area (Å²) < 4.78 is 5.32. The third-order valence-corrected chi connectivity index (χ3v) is 2.56. The highest BCUT2D eigenvalue weighted by molar-refractivity contribution is 5.42. The van der Waals surface area contributed by atoms with Crippen molar-refractivity contribution in [2.45, 2.75) is 6.92 Å². The Morgan fingerprint density at radius 3 is 2.00 bits per heavy atom. The molecule has 4 heteroatoms. The van der Waals surface area contributed by atoms with Crippen LogP contribution in [0.4, 0.5) is 11.4 Å². The Hall–Kier alpha value is -2.04. The lowest BCUT2D eigenvalue weighted by molar-refractivity contribution is -0.698. The van der Waals surface area contributed by atoms with E-state index in [0.717, 1.165) is 5.75 Å². The van der Waals surface area contributed by atoms with Gasteiger partial charge in [-0.05, 0) is 31.2 Å². The minimum atomic E-state index is -0.0713. The number of ether oxygens (including phenoxy) is 1. The number of benzene rings is 2. The SMILES string of the molecule is CCOc1ccc([NH+]([O-])c2ccc(O)cc2)cc1. The van der Waals surface area contributed by atoms with Crippen LogP contribution >= 0.6 is 0 Å². The largest absolute Gasteiger partial charge is 0.623 e. The molecule has 2 N–H and O–H groups in total. The van der Waals surface area contributed by atoms with Crippen molar-refractivity contribution in [3.8, 4) is 11.5 Å². The van der Waals surface area contributed by atoms with Gasteiger partial charge < -0.3 is 20.1 Å². The van der Waals surface area contributed by atoms with Crippen LogP contribution < -0.4 is 9.80 Å². The second kappa shape index (κ2) is 5.53. The van der Waals surface area contributed by atoms with E-state index in [9.17, 15) is 10.3 Å². The zero-order chi connectivity index (χ0) is 13.0. The molecule has 0 fully saturated rings. The fraction of sp³-hybridized carbons (Fsp3) is 0.143. The Morgan fingerprint density at radius 2 is 1.50 bits per heavy atom. The normalized spacial score (nSPS) is 12.1. The zero-order valence-electron chi connectivity index (χ0n) is 10.1. The van der Waals surface area contributed by atoms with Crippen molar-refractivity contribution in [2.75, 3.05) is 6.61 Å². The van der Waals surface area contributed by atoms with Gasteiger partial charge in [-0.2, -0.15) is 0 Å². The highest BCUT2D eigenvalue weighted by atomic mass is 16.5. The van der Waals surface area contributed by atoms with E-state index in [1.807, 2.05) is 6.92 Å². The molecule has 0 heterocycles. The lowest BCUT2D eigenvalue weighted by Gasteiger charge is -2.21. The molecule has 94 valence electrons. The first-order chi connectivity index (χ1) is 8.70. The van der Waals surface area contributed by atoms with Crippen LogP contribution in [-0.4, -0.2) is 11.7 Å². The quantitative estimate of drug-likeness (QED) is 0.641. The van der Waals surface area contributed by atoms with Crippen molar-refractivity contribution in [1.29, 1.82) is 0 Å². The summed E-state index contributed by atoms with van der Waals surface area (Å²) in [6, 6.07) is 13.2. The molecule has 0 bridgehead atoms. The topological polar surface area (TPSA) is 57.0 Å². The Kier molecular flexibility index (Phi) is 3.82. The van der Waals surface area contributed by atoms with Crippen molar-refractivity contribution in [3.63, 3.8) is 0 Å². The predicted octanol–water partition coefficient (Wildman–Crippen LogP) is 2.14. The Balaban J connectivity index is 2.17. The van der Waals surface area contributed by atoms with Crippen molar-refractivity contribution in [2.24, 2.45) is 0 Å². The van der Waals surface area contributed by atoms with Gasteiger partial charge in [0.05, 0.1) is 6.61 Å². The van der Waals surface area contributed by atoms with Crippen LogP contribution in [-0.2, 0) is 0 Å². The molecule has 0 saturated heterocycles. The van der Waals surface area contributed by atoms with Gasteiger partial charge in [0.25, 0.3) is 0 Å². The highest BCUT2D eigenvalue weighted by Crippen LogP contribution is 2.16. The van der Waals surface area contributed by atoms with Crippen LogP contribution in [0.5, 0.6) is 11.5 Å². The lowest BCUT2D eigenvalue weighted by Crippen LogP contribution is -2.96. The molecule has 0 spiro atoms. The number of nitrogens with one attached hydrogen (secondary N) is 1. The smallest absolute Gasteiger partial charge is 0.136 e. The van der Waals surface area contributed by atoms with Crippen LogP contribution in [0.3, 0.4) is 0 Å². The maximum atomic E-state index is 12.1. The molecule has 2 rings (SSSR count). The van der Waals surface area contributed by atoms with Gasteiger partial charge in [-0.15, -0.1) is 0 Å². The van der Waals surface area contributed by atoms with Gasteiger partial charge in [-0.25, -0.2) is 0 Å². The summed E-state index contributed by atoms with van der Waals surface area (Å²) in [6.07, 6.45) is 0. The van der Waals surface area contributed by atoms with E-state index in [1.54, 1.807) is 36.4 Å². The molecule has 0 aliphatic rings. The lowest BCUT2D eigenvalue weighted by atomic mass is 10.2. The molecule has 1 atom stereocenters. The summed E-state index contributed by atoms with van der Waals surface area (Å²) in [6.45, 7) is 2.51. The molecule has 0 aliphatic heterocycles. The number of aromatic hydroxyl groups is 1. The molecule has 0 aromatic heterocycles.